The fraction of sp³-hybridized carbons (Fsp3) is 0.250. The van der Waals surface area contributed by atoms with Crippen LogP contribution in [0.25, 0.3) is 0 Å². The van der Waals surface area contributed by atoms with Crippen molar-refractivity contribution in [1.82, 2.24) is 4.98 Å². The molecule has 1 rings (SSSR count). The van der Waals surface area contributed by atoms with Crippen molar-refractivity contribution in [3.8, 4) is 0 Å². The number of rotatable bonds is 3. The van der Waals surface area contributed by atoms with Gasteiger partial charge in [0.1, 0.15) is 5.82 Å². The number of halogens is 1. The molecule has 64 valence electrons. The lowest BCUT2D eigenvalue weighted by atomic mass is 10.1. The molecule has 0 saturated carbocycles. The number of hydrogen-bond acceptors (Lipinski definition) is 2. The van der Waals surface area contributed by atoms with Crippen molar-refractivity contribution < 1.29 is 14.3 Å². The summed E-state index contributed by atoms with van der Waals surface area (Å²) in [6.07, 6.45) is 2.88. The molecule has 0 bridgehead atoms. The van der Waals surface area contributed by atoms with Crippen molar-refractivity contribution in [3.63, 3.8) is 0 Å². The van der Waals surface area contributed by atoms with Gasteiger partial charge in [0.2, 0.25) is 0 Å². The maximum absolute atomic E-state index is 12.5. The van der Waals surface area contributed by atoms with Gasteiger partial charge in [0, 0.05) is 12.6 Å². The smallest absolute Gasteiger partial charge is 0.303 e. The van der Waals surface area contributed by atoms with Gasteiger partial charge in [0.25, 0.3) is 0 Å². The van der Waals surface area contributed by atoms with E-state index in [-0.39, 0.29) is 6.42 Å². The molecule has 12 heavy (non-hydrogen) atoms. The summed E-state index contributed by atoms with van der Waals surface area (Å²) in [5.74, 6) is -1.32. The average molecular weight is 169 g/mol. The first kappa shape index (κ1) is 8.64. The number of carboxylic acids is 1. The van der Waals surface area contributed by atoms with Gasteiger partial charge < -0.3 is 5.11 Å². The molecule has 0 saturated heterocycles. The van der Waals surface area contributed by atoms with Gasteiger partial charge in [-0.2, -0.15) is 0 Å². The van der Waals surface area contributed by atoms with Crippen LogP contribution in [0.5, 0.6) is 0 Å². The highest BCUT2D eigenvalue weighted by molar-refractivity contribution is 5.67. The molecule has 0 unspecified atom stereocenters. The monoisotopic (exact) mass is 169 g/mol. The predicted octanol–water partition coefficient (Wildman–Crippen LogP) is 1.24. The topological polar surface area (TPSA) is 50.2 Å². The van der Waals surface area contributed by atoms with Gasteiger partial charge in [-0.05, 0) is 18.1 Å². The van der Waals surface area contributed by atoms with E-state index in [9.17, 15) is 9.18 Å². The fourth-order valence-electron chi connectivity index (χ4n) is 0.844. The van der Waals surface area contributed by atoms with Crippen LogP contribution in [0.3, 0.4) is 0 Å². The average Bonchev–Trinajstić information content (AvgIpc) is 2.01. The molecular weight excluding hydrogens is 161 g/mol. The number of aromatic nitrogens is 1. The maximum atomic E-state index is 12.5. The summed E-state index contributed by atoms with van der Waals surface area (Å²) >= 11 is 0. The molecule has 0 spiro atoms. The van der Waals surface area contributed by atoms with Gasteiger partial charge >= 0.3 is 5.97 Å². The zero-order valence-electron chi connectivity index (χ0n) is 6.33. The molecule has 3 nitrogen and oxygen atoms in total. The second kappa shape index (κ2) is 3.80. The number of nitrogens with zero attached hydrogens (tertiary/aromatic N) is 1. The highest BCUT2D eigenvalue weighted by Gasteiger charge is 1.99. The Bertz CT molecular complexity index is 288. The number of aliphatic carboxylic acids is 1. The Morgan fingerprint density at radius 2 is 2.33 bits per heavy atom. The van der Waals surface area contributed by atoms with E-state index in [0.717, 1.165) is 6.20 Å². The first-order valence-electron chi connectivity index (χ1n) is 3.49. The standard InChI is InChI=1S/C8H8FNO2/c9-7-3-6(4-10-5-7)1-2-8(11)12/h3-5H,1-2H2,(H,11,12). The van der Waals surface area contributed by atoms with Crippen molar-refractivity contribution in [2.45, 2.75) is 12.8 Å². The Kier molecular flexibility index (Phi) is 2.74. The highest BCUT2D eigenvalue weighted by atomic mass is 19.1. The van der Waals surface area contributed by atoms with Gasteiger partial charge in [-0.1, -0.05) is 0 Å². The Morgan fingerprint density at radius 3 is 2.92 bits per heavy atom. The van der Waals surface area contributed by atoms with Gasteiger partial charge in [-0.3, -0.25) is 9.78 Å². The molecule has 1 heterocycles. The fourth-order valence-corrected chi connectivity index (χ4v) is 0.844. The first-order chi connectivity index (χ1) is 5.68. The Balaban J connectivity index is 2.57. The minimum atomic E-state index is -0.890. The molecule has 0 amide bonds. The molecule has 0 aromatic carbocycles. The summed E-state index contributed by atoms with van der Waals surface area (Å²) in [4.78, 5) is 13.7. The third-order valence-corrected chi connectivity index (χ3v) is 1.39. The second-order valence-electron chi connectivity index (χ2n) is 2.41. The van der Waals surface area contributed by atoms with Crippen LogP contribution < -0.4 is 0 Å². The van der Waals surface area contributed by atoms with Gasteiger partial charge in [0.15, 0.2) is 0 Å². The van der Waals surface area contributed by atoms with Crippen molar-refractivity contribution in [1.29, 1.82) is 0 Å². The van der Waals surface area contributed by atoms with E-state index < -0.39 is 11.8 Å². The van der Waals surface area contributed by atoms with Crippen LogP contribution in [0.2, 0.25) is 0 Å². The zero-order valence-corrected chi connectivity index (χ0v) is 6.33. The van der Waals surface area contributed by atoms with Gasteiger partial charge in [-0.15, -0.1) is 0 Å². The summed E-state index contributed by atoms with van der Waals surface area (Å²) in [5.41, 5.74) is 0.609. The molecule has 0 radical (unpaired) electrons. The summed E-state index contributed by atoms with van der Waals surface area (Å²) in [6, 6.07) is 1.29. The molecule has 0 fully saturated rings. The normalized spacial score (nSPS) is 9.75. The van der Waals surface area contributed by atoms with Crippen molar-refractivity contribution in [3.05, 3.63) is 29.8 Å². The first-order valence-corrected chi connectivity index (χ1v) is 3.49. The minimum absolute atomic E-state index is 0.00509. The SMILES string of the molecule is O=C(O)CCc1cncc(F)c1. The molecule has 1 N–H and O–H groups in total. The number of pyridine rings is 1. The zero-order chi connectivity index (χ0) is 8.97. The van der Waals surface area contributed by atoms with Crippen molar-refractivity contribution in [2.24, 2.45) is 0 Å². The lowest BCUT2D eigenvalue weighted by Crippen LogP contribution is -1.98. The van der Waals surface area contributed by atoms with Crippen LogP contribution in [-0.4, -0.2) is 16.1 Å². The molecular formula is C8H8FNO2. The van der Waals surface area contributed by atoms with Crippen LogP contribution in [0, 0.1) is 5.82 Å². The van der Waals surface area contributed by atoms with Crippen molar-refractivity contribution in [2.75, 3.05) is 0 Å². The lowest BCUT2D eigenvalue weighted by Gasteiger charge is -1.96. The largest absolute Gasteiger partial charge is 0.481 e. The predicted molar refractivity (Wildman–Crippen MR) is 40.2 cm³/mol. The van der Waals surface area contributed by atoms with Crippen LogP contribution in [0.4, 0.5) is 4.39 Å². The van der Waals surface area contributed by atoms with E-state index >= 15 is 0 Å². The summed E-state index contributed by atoms with van der Waals surface area (Å²) < 4.78 is 12.5. The number of aryl methyl sites for hydroxylation is 1. The van der Waals surface area contributed by atoms with Crippen LogP contribution >= 0.6 is 0 Å². The van der Waals surface area contributed by atoms with Gasteiger partial charge in [-0.25, -0.2) is 4.39 Å². The maximum Gasteiger partial charge on any atom is 0.303 e. The molecule has 0 aliphatic rings. The van der Waals surface area contributed by atoms with E-state index in [0.29, 0.717) is 12.0 Å². The summed E-state index contributed by atoms with van der Waals surface area (Å²) in [6.45, 7) is 0. The summed E-state index contributed by atoms with van der Waals surface area (Å²) in [7, 11) is 0. The number of hydrogen-bond donors (Lipinski definition) is 1. The summed E-state index contributed by atoms with van der Waals surface area (Å²) in [5, 5.41) is 8.33. The van der Waals surface area contributed by atoms with E-state index in [1.54, 1.807) is 0 Å². The minimum Gasteiger partial charge on any atom is -0.481 e. The van der Waals surface area contributed by atoms with Crippen molar-refractivity contribution >= 4 is 5.97 Å². The molecule has 1 aromatic rings. The highest BCUT2D eigenvalue weighted by Crippen LogP contribution is 2.03. The molecule has 1 aromatic heterocycles. The number of carbonyl (C=O) groups is 1. The second-order valence-corrected chi connectivity index (χ2v) is 2.41. The molecule has 0 atom stereocenters. The van der Waals surface area contributed by atoms with E-state index in [1.165, 1.54) is 12.3 Å². The third-order valence-electron chi connectivity index (χ3n) is 1.39. The quantitative estimate of drug-likeness (QED) is 0.740. The van der Waals surface area contributed by atoms with Crippen LogP contribution in [-0.2, 0) is 11.2 Å². The molecule has 4 heteroatoms. The molecule has 0 aliphatic carbocycles. The van der Waals surface area contributed by atoms with E-state index in [2.05, 4.69) is 4.98 Å². The van der Waals surface area contributed by atoms with Crippen LogP contribution in [0.1, 0.15) is 12.0 Å². The third kappa shape index (κ3) is 2.65. The van der Waals surface area contributed by atoms with E-state index in [4.69, 9.17) is 5.11 Å². The number of carboxylic acid groups (broad SMARTS) is 1. The Labute approximate surface area is 68.9 Å². The van der Waals surface area contributed by atoms with E-state index in [1.807, 2.05) is 0 Å². The Hall–Kier alpha value is -1.45. The van der Waals surface area contributed by atoms with Gasteiger partial charge in [0.05, 0.1) is 6.20 Å². The molecule has 0 aliphatic heterocycles. The Morgan fingerprint density at radius 1 is 1.58 bits per heavy atom. The lowest BCUT2D eigenvalue weighted by molar-refractivity contribution is -0.136. The van der Waals surface area contributed by atoms with Crippen LogP contribution in [0.15, 0.2) is 18.5 Å².